The summed E-state index contributed by atoms with van der Waals surface area (Å²) in [4.78, 5) is 26.0. The number of hydrazine groups is 1. The van der Waals surface area contributed by atoms with Crippen LogP contribution in [0.1, 0.15) is 11.3 Å². The van der Waals surface area contributed by atoms with Gasteiger partial charge in [-0.3, -0.25) is 15.3 Å². The number of nitrogens with zero attached hydrogens (tertiary/aromatic N) is 3. The van der Waals surface area contributed by atoms with Gasteiger partial charge in [0.05, 0.1) is 11.3 Å². The van der Waals surface area contributed by atoms with Crippen molar-refractivity contribution in [2.45, 2.75) is 6.92 Å². The van der Waals surface area contributed by atoms with Crippen LogP contribution < -0.4 is 11.0 Å². The topological polar surface area (TPSA) is 129 Å². The molecule has 2 rings (SSSR count). The van der Waals surface area contributed by atoms with E-state index in [1.807, 2.05) is 0 Å². The number of benzene rings is 1. The number of H-pyrrole nitrogens is 1. The van der Waals surface area contributed by atoms with E-state index in [-0.39, 0.29) is 5.56 Å². The predicted octanol–water partition coefficient (Wildman–Crippen LogP) is 1.26. The molecule has 3 N–H and O–H groups in total. The third kappa shape index (κ3) is 3.38. The highest BCUT2D eigenvalue weighted by atomic mass is 35.5. The maximum Gasteiger partial charge on any atom is 0.280 e. The summed E-state index contributed by atoms with van der Waals surface area (Å²) in [6.45, 7) is 1.65. The largest absolute Gasteiger partial charge is 0.295 e. The summed E-state index contributed by atoms with van der Waals surface area (Å²) in [7, 11) is 0. The molecule has 0 aliphatic rings. The van der Waals surface area contributed by atoms with E-state index in [2.05, 4.69) is 10.1 Å². The summed E-state index contributed by atoms with van der Waals surface area (Å²) in [6, 6.07) is 6.61. The molecule has 0 spiro atoms. The molecule has 22 heavy (non-hydrogen) atoms. The first-order chi connectivity index (χ1) is 10.4. The first-order valence-electron chi connectivity index (χ1n) is 5.99. The molecule has 1 aromatic heterocycles. The molecule has 1 aromatic carbocycles. The maximum atomic E-state index is 12.3. The molecule has 0 atom stereocenters. The third-order valence-electron chi connectivity index (χ3n) is 2.72. The van der Waals surface area contributed by atoms with Gasteiger partial charge in [-0.25, -0.2) is 19.8 Å². The number of aromatic nitrogens is 2. The average molecular weight is 323 g/mol. The van der Waals surface area contributed by atoms with Crippen LogP contribution in [0.2, 0.25) is 5.02 Å². The zero-order chi connectivity index (χ0) is 16.3. The molecule has 0 saturated heterocycles. The van der Waals surface area contributed by atoms with Crippen LogP contribution in [0.4, 0.5) is 0 Å². The van der Waals surface area contributed by atoms with Crippen molar-refractivity contribution >= 4 is 23.8 Å². The summed E-state index contributed by atoms with van der Waals surface area (Å²) in [5.74, 6) is -0.678. The lowest BCUT2D eigenvalue weighted by Gasteiger charge is -2.00. The van der Waals surface area contributed by atoms with Crippen LogP contribution in [0.5, 0.6) is 0 Å². The van der Waals surface area contributed by atoms with E-state index in [0.29, 0.717) is 16.4 Å². The zero-order valence-electron chi connectivity index (χ0n) is 11.3. The first-order valence-corrected chi connectivity index (χ1v) is 6.37. The van der Waals surface area contributed by atoms with Gasteiger partial charge < -0.3 is 0 Å². The normalized spacial score (nSPS) is 10.8. The lowest BCUT2D eigenvalue weighted by Crippen LogP contribution is -2.27. The molecule has 0 saturated carbocycles. The summed E-state index contributed by atoms with van der Waals surface area (Å²) >= 11 is 5.80. The Morgan fingerprint density at radius 3 is 2.73 bits per heavy atom. The maximum absolute atomic E-state index is 12.3. The van der Waals surface area contributed by atoms with Crippen LogP contribution in [0, 0.1) is 22.4 Å². The highest BCUT2D eigenvalue weighted by Gasteiger charge is 2.11. The van der Waals surface area contributed by atoms with Crippen molar-refractivity contribution in [3.8, 4) is 5.69 Å². The molecule has 0 aliphatic carbocycles. The van der Waals surface area contributed by atoms with Gasteiger partial charge in [-0.15, -0.1) is 0 Å². The van der Waals surface area contributed by atoms with Gasteiger partial charge in [0.25, 0.3) is 11.5 Å². The van der Waals surface area contributed by atoms with Crippen LogP contribution in [-0.2, 0) is 0 Å². The number of nitro groups is 1. The summed E-state index contributed by atoms with van der Waals surface area (Å²) in [5.41, 5.74) is 2.47. The molecule has 0 fully saturated rings. The van der Waals surface area contributed by atoms with E-state index in [4.69, 9.17) is 17.0 Å². The van der Waals surface area contributed by atoms with Crippen molar-refractivity contribution in [2.24, 2.45) is 4.99 Å². The van der Waals surface area contributed by atoms with Crippen molar-refractivity contribution in [3.05, 3.63) is 61.0 Å². The highest BCUT2D eigenvalue weighted by Crippen LogP contribution is 2.12. The SMILES string of the molecule is Cc1[nH]n(-c2ccc(Cl)cc2)c(=O)c1C=NC(=N)N[N+](=O)[O-]. The lowest BCUT2D eigenvalue weighted by molar-refractivity contribution is -0.525. The number of nitrogens with one attached hydrogen (secondary N) is 3. The van der Waals surface area contributed by atoms with E-state index in [0.717, 1.165) is 6.21 Å². The fourth-order valence-corrected chi connectivity index (χ4v) is 1.85. The number of aryl methyl sites for hydroxylation is 1. The van der Waals surface area contributed by atoms with Gasteiger partial charge >= 0.3 is 0 Å². The summed E-state index contributed by atoms with van der Waals surface area (Å²) in [6.07, 6.45) is 1.10. The highest BCUT2D eigenvalue weighted by molar-refractivity contribution is 6.30. The van der Waals surface area contributed by atoms with E-state index < -0.39 is 16.6 Å². The van der Waals surface area contributed by atoms with Gasteiger partial charge in [0.2, 0.25) is 0 Å². The Kier molecular flexibility index (Phi) is 4.37. The Bertz CT molecular complexity index is 805. The minimum atomic E-state index is -0.907. The number of hydrogen-bond donors (Lipinski definition) is 3. The first kappa shape index (κ1) is 15.4. The molecular formula is C12H11ClN6O3. The predicted molar refractivity (Wildman–Crippen MR) is 81.6 cm³/mol. The number of aliphatic imine (C=N–C) groups is 1. The molecule has 2 aromatic rings. The molecule has 0 bridgehead atoms. The van der Waals surface area contributed by atoms with Gasteiger partial charge in [-0.05, 0) is 31.2 Å². The monoisotopic (exact) mass is 322 g/mol. The quantitative estimate of drug-likeness (QED) is 0.340. The number of halogens is 1. The Hall–Kier alpha value is -2.94. The van der Waals surface area contributed by atoms with Crippen molar-refractivity contribution in [3.63, 3.8) is 0 Å². The van der Waals surface area contributed by atoms with Crippen LogP contribution in [0.25, 0.3) is 5.69 Å². The van der Waals surface area contributed by atoms with Crippen LogP contribution in [-0.4, -0.2) is 27.0 Å². The van der Waals surface area contributed by atoms with Crippen molar-refractivity contribution in [2.75, 3.05) is 0 Å². The Morgan fingerprint density at radius 1 is 1.50 bits per heavy atom. The molecule has 0 unspecified atom stereocenters. The molecule has 10 heteroatoms. The van der Waals surface area contributed by atoms with Gasteiger partial charge in [0.15, 0.2) is 5.03 Å². The standard InChI is InChI=1S/C12H11ClN6O3/c1-7-10(6-15-12(14)17-19(21)22)11(20)18(16-7)9-4-2-8(13)3-5-9/h2-6,16H,1H3,(H2,14,17). The lowest BCUT2D eigenvalue weighted by atomic mass is 10.3. The molecule has 0 aliphatic heterocycles. The van der Waals surface area contributed by atoms with Crippen LogP contribution in [0.3, 0.4) is 0 Å². The van der Waals surface area contributed by atoms with Crippen LogP contribution in [0.15, 0.2) is 34.1 Å². The van der Waals surface area contributed by atoms with Gasteiger partial charge in [-0.2, -0.15) is 0 Å². The zero-order valence-corrected chi connectivity index (χ0v) is 12.1. The third-order valence-corrected chi connectivity index (χ3v) is 2.97. The van der Waals surface area contributed by atoms with Gasteiger partial charge in [0, 0.05) is 16.9 Å². The average Bonchev–Trinajstić information content (AvgIpc) is 2.72. The Labute approximate surface area is 128 Å². The van der Waals surface area contributed by atoms with Crippen molar-refractivity contribution in [1.29, 1.82) is 5.41 Å². The number of guanidine groups is 1. The molecule has 1 heterocycles. The Morgan fingerprint density at radius 2 is 2.14 bits per heavy atom. The second-order valence-electron chi connectivity index (χ2n) is 4.24. The van der Waals surface area contributed by atoms with Crippen LogP contribution >= 0.6 is 11.6 Å². The van der Waals surface area contributed by atoms with Gasteiger partial charge in [0.1, 0.15) is 0 Å². The minimum absolute atomic E-state index is 0.199. The number of rotatable bonds is 3. The van der Waals surface area contributed by atoms with Crippen molar-refractivity contribution in [1.82, 2.24) is 15.2 Å². The van der Waals surface area contributed by atoms with Gasteiger partial charge in [-0.1, -0.05) is 17.0 Å². The molecule has 9 nitrogen and oxygen atoms in total. The number of hydrogen-bond acceptors (Lipinski definition) is 4. The second-order valence-corrected chi connectivity index (χ2v) is 4.68. The Balaban J connectivity index is 2.33. The smallest absolute Gasteiger partial charge is 0.280 e. The number of aromatic amines is 1. The van der Waals surface area contributed by atoms with E-state index >= 15 is 0 Å². The molecule has 0 radical (unpaired) electrons. The van der Waals surface area contributed by atoms with E-state index in [9.17, 15) is 14.9 Å². The minimum Gasteiger partial charge on any atom is -0.295 e. The van der Waals surface area contributed by atoms with E-state index in [1.165, 1.54) is 4.68 Å². The summed E-state index contributed by atoms with van der Waals surface area (Å²) < 4.78 is 1.29. The molecule has 114 valence electrons. The summed E-state index contributed by atoms with van der Waals surface area (Å²) in [5, 5.41) is 19.9. The van der Waals surface area contributed by atoms with E-state index in [1.54, 1.807) is 36.6 Å². The fraction of sp³-hybridized carbons (Fsp3) is 0.0833. The van der Waals surface area contributed by atoms with Crippen molar-refractivity contribution < 1.29 is 5.03 Å². The molecule has 0 amide bonds. The molecular weight excluding hydrogens is 312 g/mol. The second kappa shape index (κ2) is 6.22. The fourth-order valence-electron chi connectivity index (χ4n) is 1.73.